The van der Waals surface area contributed by atoms with Gasteiger partial charge in [0.25, 0.3) is 0 Å². The first kappa shape index (κ1) is 15.7. The molecule has 5 nitrogen and oxygen atoms in total. The van der Waals surface area contributed by atoms with Crippen molar-refractivity contribution in [3.8, 4) is 0 Å². The van der Waals surface area contributed by atoms with Crippen LogP contribution in [0.25, 0.3) is 0 Å². The Morgan fingerprint density at radius 3 is 2.63 bits per heavy atom. The molecule has 106 valence electrons. The number of rotatable bonds is 5. The van der Waals surface area contributed by atoms with Gasteiger partial charge in [0.1, 0.15) is 5.00 Å². The zero-order valence-corrected chi connectivity index (χ0v) is 12.5. The Labute approximate surface area is 117 Å². The number of hydrogen-bond donors (Lipinski definition) is 2. The fourth-order valence-corrected chi connectivity index (χ4v) is 2.33. The molecule has 0 radical (unpaired) electrons. The van der Waals surface area contributed by atoms with Crippen molar-refractivity contribution in [3.63, 3.8) is 0 Å². The van der Waals surface area contributed by atoms with E-state index in [2.05, 4.69) is 5.32 Å². The van der Waals surface area contributed by atoms with Gasteiger partial charge in [0, 0.05) is 10.9 Å². The van der Waals surface area contributed by atoms with Crippen molar-refractivity contribution in [1.82, 2.24) is 0 Å². The van der Waals surface area contributed by atoms with Crippen LogP contribution < -0.4 is 11.1 Å². The lowest BCUT2D eigenvalue weighted by molar-refractivity contribution is -0.119. The van der Waals surface area contributed by atoms with Gasteiger partial charge < -0.3 is 15.8 Å². The van der Waals surface area contributed by atoms with Crippen molar-refractivity contribution in [2.75, 3.05) is 11.9 Å². The largest absolute Gasteiger partial charge is 0.462 e. The van der Waals surface area contributed by atoms with E-state index in [0.29, 0.717) is 17.2 Å². The summed E-state index contributed by atoms with van der Waals surface area (Å²) in [5.41, 5.74) is 6.09. The van der Waals surface area contributed by atoms with Crippen LogP contribution in [-0.4, -0.2) is 24.5 Å². The number of thiophene rings is 1. The number of carbonyl (C=O) groups excluding carboxylic acids is 2. The van der Waals surface area contributed by atoms with Crippen LogP contribution in [0.15, 0.2) is 6.07 Å². The Morgan fingerprint density at radius 1 is 1.47 bits per heavy atom. The number of anilines is 1. The maximum Gasteiger partial charge on any atom is 0.341 e. The third kappa shape index (κ3) is 4.04. The summed E-state index contributed by atoms with van der Waals surface area (Å²) >= 11 is 1.35. The number of amides is 1. The lowest BCUT2D eigenvalue weighted by Gasteiger charge is -2.15. The molecule has 6 heteroatoms. The molecule has 0 saturated heterocycles. The first-order chi connectivity index (χ1) is 8.86. The molecule has 1 aromatic heterocycles. The number of hydrogen-bond acceptors (Lipinski definition) is 5. The van der Waals surface area contributed by atoms with Gasteiger partial charge in [-0.15, -0.1) is 11.3 Å². The summed E-state index contributed by atoms with van der Waals surface area (Å²) in [4.78, 5) is 24.7. The molecule has 0 spiro atoms. The molecule has 0 fully saturated rings. The zero-order valence-electron chi connectivity index (χ0n) is 11.6. The van der Waals surface area contributed by atoms with Crippen LogP contribution in [0.3, 0.4) is 0 Å². The van der Waals surface area contributed by atoms with Crippen molar-refractivity contribution in [1.29, 1.82) is 0 Å². The minimum Gasteiger partial charge on any atom is -0.462 e. The first-order valence-electron chi connectivity index (χ1n) is 6.20. The van der Waals surface area contributed by atoms with Gasteiger partial charge in [-0.25, -0.2) is 4.79 Å². The predicted molar refractivity (Wildman–Crippen MR) is 76.5 cm³/mol. The molecule has 0 aromatic carbocycles. The van der Waals surface area contributed by atoms with E-state index in [1.807, 2.05) is 6.92 Å². The number of nitrogens with one attached hydrogen (secondary N) is 1. The second-order valence-corrected chi connectivity index (χ2v) is 5.71. The summed E-state index contributed by atoms with van der Waals surface area (Å²) in [6, 6.07) is 1.47. The van der Waals surface area contributed by atoms with Gasteiger partial charge in [-0.1, -0.05) is 6.92 Å². The fourth-order valence-electron chi connectivity index (χ4n) is 1.43. The number of aryl methyl sites for hydroxylation is 1. The molecular weight excluding hydrogens is 264 g/mol. The normalized spacial score (nSPS) is 13.7. The third-order valence-corrected chi connectivity index (χ3v) is 3.76. The summed E-state index contributed by atoms with van der Waals surface area (Å²) in [7, 11) is 0. The van der Waals surface area contributed by atoms with E-state index in [9.17, 15) is 9.59 Å². The standard InChI is InChI=1S/C13H20N2O3S/c1-5-18-13(17)10-6-7(2)19-12(10)15-11(16)8(3)9(4)14/h6,8-9H,5,14H2,1-4H3,(H,15,16). The van der Waals surface area contributed by atoms with Crippen LogP contribution in [0.2, 0.25) is 0 Å². The monoisotopic (exact) mass is 284 g/mol. The highest BCUT2D eigenvalue weighted by atomic mass is 32.1. The van der Waals surface area contributed by atoms with Crippen molar-refractivity contribution in [3.05, 3.63) is 16.5 Å². The number of esters is 1. The molecule has 0 aliphatic carbocycles. The van der Waals surface area contributed by atoms with Gasteiger partial charge in [0.05, 0.1) is 18.1 Å². The topological polar surface area (TPSA) is 81.4 Å². The molecule has 1 heterocycles. The van der Waals surface area contributed by atoms with Gasteiger partial charge in [0.15, 0.2) is 0 Å². The minimum absolute atomic E-state index is 0.192. The van der Waals surface area contributed by atoms with Gasteiger partial charge in [-0.2, -0.15) is 0 Å². The average molecular weight is 284 g/mol. The predicted octanol–water partition coefficient (Wildman–Crippen LogP) is 2.16. The molecule has 0 bridgehead atoms. The highest BCUT2D eigenvalue weighted by Crippen LogP contribution is 2.28. The second kappa shape index (κ2) is 6.68. The van der Waals surface area contributed by atoms with Crippen LogP contribution in [0.5, 0.6) is 0 Å². The molecule has 0 aliphatic heterocycles. The molecule has 2 atom stereocenters. The molecule has 0 aliphatic rings. The van der Waals surface area contributed by atoms with E-state index in [4.69, 9.17) is 10.5 Å². The Kier molecular flexibility index (Phi) is 5.50. The zero-order chi connectivity index (χ0) is 14.6. The van der Waals surface area contributed by atoms with Gasteiger partial charge in [-0.05, 0) is 26.8 Å². The quantitative estimate of drug-likeness (QED) is 0.812. The van der Waals surface area contributed by atoms with Crippen LogP contribution in [0.1, 0.15) is 36.0 Å². The summed E-state index contributed by atoms with van der Waals surface area (Å²) in [5.74, 6) is -0.935. The summed E-state index contributed by atoms with van der Waals surface area (Å²) in [5, 5.41) is 3.27. The maximum atomic E-state index is 12.0. The van der Waals surface area contributed by atoms with Gasteiger partial charge in [0.2, 0.25) is 5.91 Å². The molecule has 1 aromatic rings. The lowest BCUT2D eigenvalue weighted by Crippen LogP contribution is -2.34. The van der Waals surface area contributed by atoms with Gasteiger partial charge in [-0.3, -0.25) is 4.79 Å². The molecule has 19 heavy (non-hydrogen) atoms. The van der Waals surface area contributed by atoms with E-state index >= 15 is 0 Å². The molecule has 1 amide bonds. The Morgan fingerprint density at radius 2 is 2.11 bits per heavy atom. The average Bonchev–Trinajstić information content (AvgIpc) is 2.69. The van der Waals surface area contributed by atoms with Crippen LogP contribution in [-0.2, 0) is 9.53 Å². The number of carbonyl (C=O) groups is 2. The Balaban J connectivity index is 2.89. The summed E-state index contributed by atoms with van der Waals surface area (Å²) in [6.07, 6.45) is 0. The SMILES string of the molecule is CCOC(=O)c1cc(C)sc1NC(=O)C(C)C(C)N. The molecule has 3 N–H and O–H groups in total. The van der Waals surface area contributed by atoms with E-state index in [1.54, 1.807) is 26.8 Å². The second-order valence-electron chi connectivity index (χ2n) is 4.46. The number of nitrogens with two attached hydrogens (primary N) is 1. The van der Waals surface area contributed by atoms with Crippen LogP contribution in [0.4, 0.5) is 5.00 Å². The first-order valence-corrected chi connectivity index (χ1v) is 7.02. The fraction of sp³-hybridized carbons (Fsp3) is 0.538. The van der Waals surface area contributed by atoms with Crippen molar-refractivity contribution in [2.24, 2.45) is 11.7 Å². The molecular formula is C13H20N2O3S. The van der Waals surface area contributed by atoms with Crippen LogP contribution >= 0.6 is 11.3 Å². The van der Waals surface area contributed by atoms with E-state index in [-0.39, 0.29) is 17.9 Å². The van der Waals surface area contributed by atoms with E-state index in [1.165, 1.54) is 11.3 Å². The van der Waals surface area contributed by atoms with Crippen molar-refractivity contribution >= 4 is 28.2 Å². The van der Waals surface area contributed by atoms with E-state index < -0.39 is 5.97 Å². The highest BCUT2D eigenvalue weighted by molar-refractivity contribution is 7.16. The summed E-state index contributed by atoms with van der Waals surface area (Å²) in [6.45, 7) is 7.45. The Hall–Kier alpha value is -1.40. The van der Waals surface area contributed by atoms with Crippen molar-refractivity contribution in [2.45, 2.75) is 33.7 Å². The summed E-state index contributed by atoms with van der Waals surface area (Å²) < 4.78 is 4.96. The number of ether oxygens (including phenoxy) is 1. The minimum atomic E-state index is -0.421. The smallest absolute Gasteiger partial charge is 0.341 e. The Bertz CT molecular complexity index is 468. The molecule has 1 rings (SSSR count). The van der Waals surface area contributed by atoms with Crippen LogP contribution in [0, 0.1) is 12.8 Å². The third-order valence-electron chi connectivity index (χ3n) is 2.79. The lowest BCUT2D eigenvalue weighted by atomic mass is 10.0. The maximum absolute atomic E-state index is 12.0. The molecule has 0 saturated carbocycles. The molecule has 2 unspecified atom stereocenters. The van der Waals surface area contributed by atoms with Gasteiger partial charge >= 0.3 is 5.97 Å². The highest BCUT2D eigenvalue weighted by Gasteiger charge is 2.22. The van der Waals surface area contributed by atoms with Crippen molar-refractivity contribution < 1.29 is 14.3 Å². The van der Waals surface area contributed by atoms with E-state index in [0.717, 1.165) is 4.88 Å².